The van der Waals surface area contributed by atoms with Crippen LogP contribution in [-0.2, 0) is 4.79 Å². The molecule has 0 aromatic rings. The van der Waals surface area contributed by atoms with Gasteiger partial charge in [0.05, 0.1) is 0 Å². The minimum absolute atomic E-state index is 0.0691. The third-order valence-electron chi connectivity index (χ3n) is 4.56. The van der Waals surface area contributed by atoms with Gasteiger partial charge in [-0.3, -0.25) is 4.79 Å². The van der Waals surface area contributed by atoms with Gasteiger partial charge in [-0.2, -0.15) is 0 Å². The molecule has 0 aliphatic heterocycles. The molecular formula is C16H31NO. The number of amides is 1. The molecule has 18 heavy (non-hydrogen) atoms. The minimum atomic E-state index is -0.0691. The van der Waals surface area contributed by atoms with Crippen molar-refractivity contribution >= 4 is 5.91 Å². The van der Waals surface area contributed by atoms with Gasteiger partial charge in [0, 0.05) is 12.0 Å². The molecule has 0 aromatic heterocycles. The number of carbonyl (C=O) groups excluding carboxylic acids is 1. The van der Waals surface area contributed by atoms with Crippen molar-refractivity contribution in [1.29, 1.82) is 0 Å². The molecule has 0 radical (unpaired) electrons. The fourth-order valence-corrected chi connectivity index (χ4v) is 3.20. The van der Waals surface area contributed by atoms with Gasteiger partial charge in [-0.1, -0.05) is 58.3 Å². The molecule has 1 aliphatic rings. The number of nitrogens with one attached hydrogen (secondary N) is 1. The van der Waals surface area contributed by atoms with Crippen LogP contribution >= 0.6 is 0 Å². The first-order valence-corrected chi connectivity index (χ1v) is 8.03. The molecule has 106 valence electrons. The molecule has 1 saturated carbocycles. The SMILES string of the molecule is CCNC(=O)C1(CC)CCCCCCCCCC1. The van der Waals surface area contributed by atoms with Crippen molar-refractivity contribution in [2.45, 2.75) is 84.5 Å². The van der Waals surface area contributed by atoms with E-state index in [2.05, 4.69) is 12.2 Å². The first kappa shape index (κ1) is 15.5. The molecule has 0 atom stereocenters. The highest BCUT2D eigenvalue weighted by Gasteiger charge is 2.34. The Balaban J connectivity index is 2.65. The molecule has 2 nitrogen and oxygen atoms in total. The van der Waals surface area contributed by atoms with Crippen LogP contribution in [-0.4, -0.2) is 12.5 Å². The highest BCUT2D eigenvalue weighted by atomic mass is 16.2. The summed E-state index contributed by atoms with van der Waals surface area (Å²) in [5.41, 5.74) is -0.0691. The first-order valence-electron chi connectivity index (χ1n) is 8.03. The van der Waals surface area contributed by atoms with Crippen LogP contribution in [0.1, 0.15) is 84.5 Å². The molecule has 0 bridgehead atoms. The maximum atomic E-state index is 12.4. The lowest BCUT2D eigenvalue weighted by molar-refractivity contribution is -0.132. The quantitative estimate of drug-likeness (QED) is 0.792. The van der Waals surface area contributed by atoms with Gasteiger partial charge in [-0.25, -0.2) is 0 Å². The van der Waals surface area contributed by atoms with Crippen molar-refractivity contribution in [1.82, 2.24) is 5.32 Å². The van der Waals surface area contributed by atoms with E-state index < -0.39 is 0 Å². The van der Waals surface area contributed by atoms with E-state index in [1.807, 2.05) is 6.92 Å². The van der Waals surface area contributed by atoms with Gasteiger partial charge < -0.3 is 5.32 Å². The van der Waals surface area contributed by atoms with Crippen LogP contribution in [0.15, 0.2) is 0 Å². The van der Waals surface area contributed by atoms with Crippen molar-refractivity contribution in [3.05, 3.63) is 0 Å². The van der Waals surface area contributed by atoms with Crippen molar-refractivity contribution in [2.75, 3.05) is 6.54 Å². The summed E-state index contributed by atoms with van der Waals surface area (Å²) in [6.45, 7) is 4.97. The lowest BCUT2D eigenvalue weighted by atomic mass is 9.75. The average Bonchev–Trinajstić information content (AvgIpc) is 2.43. The van der Waals surface area contributed by atoms with E-state index in [1.165, 1.54) is 51.4 Å². The van der Waals surface area contributed by atoms with Crippen molar-refractivity contribution < 1.29 is 4.79 Å². The summed E-state index contributed by atoms with van der Waals surface area (Å²) >= 11 is 0. The van der Waals surface area contributed by atoms with Crippen molar-refractivity contribution in [2.24, 2.45) is 5.41 Å². The number of hydrogen-bond donors (Lipinski definition) is 1. The molecule has 1 aliphatic carbocycles. The zero-order valence-electron chi connectivity index (χ0n) is 12.4. The maximum Gasteiger partial charge on any atom is 0.226 e. The molecule has 0 saturated heterocycles. The summed E-state index contributed by atoms with van der Waals surface area (Å²) in [7, 11) is 0. The van der Waals surface area contributed by atoms with E-state index in [-0.39, 0.29) is 5.41 Å². The summed E-state index contributed by atoms with van der Waals surface area (Å²) in [6.07, 6.45) is 13.7. The Bertz CT molecular complexity index is 225. The molecular weight excluding hydrogens is 222 g/mol. The van der Waals surface area contributed by atoms with E-state index in [9.17, 15) is 4.79 Å². The maximum absolute atomic E-state index is 12.4. The lowest BCUT2D eigenvalue weighted by Gasteiger charge is -2.31. The Hall–Kier alpha value is -0.530. The van der Waals surface area contributed by atoms with Crippen LogP contribution in [0.3, 0.4) is 0 Å². The zero-order chi connectivity index (χ0) is 13.3. The molecule has 1 rings (SSSR count). The van der Waals surface area contributed by atoms with Crippen LogP contribution in [0.4, 0.5) is 0 Å². The summed E-state index contributed by atoms with van der Waals surface area (Å²) in [4.78, 5) is 12.4. The standard InChI is InChI=1S/C16H31NO/c1-3-16(15(18)17-4-2)13-11-9-7-5-6-8-10-12-14-16/h3-14H2,1-2H3,(H,17,18). The summed E-state index contributed by atoms with van der Waals surface area (Å²) in [5.74, 6) is 0.312. The van der Waals surface area contributed by atoms with E-state index in [0.717, 1.165) is 25.8 Å². The summed E-state index contributed by atoms with van der Waals surface area (Å²) in [5, 5.41) is 3.07. The normalized spacial score (nSPS) is 21.9. The van der Waals surface area contributed by atoms with Gasteiger partial charge in [0.2, 0.25) is 5.91 Å². The molecule has 0 heterocycles. The monoisotopic (exact) mass is 253 g/mol. The van der Waals surface area contributed by atoms with Crippen LogP contribution in [0, 0.1) is 5.41 Å². The molecule has 0 unspecified atom stereocenters. The Kier molecular flexibility index (Phi) is 7.38. The summed E-state index contributed by atoms with van der Waals surface area (Å²) < 4.78 is 0. The lowest BCUT2D eigenvalue weighted by Crippen LogP contribution is -2.40. The van der Waals surface area contributed by atoms with Crippen LogP contribution in [0.25, 0.3) is 0 Å². The molecule has 1 fully saturated rings. The molecule has 0 aromatic carbocycles. The van der Waals surface area contributed by atoms with E-state index in [4.69, 9.17) is 0 Å². The second-order valence-corrected chi connectivity index (χ2v) is 5.82. The molecule has 1 amide bonds. The van der Waals surface area contributed by atoms with Gasteiger partial charge in [-0.15, -0.1) is 0 Å². The third-order valence-corrected chi connectivity index (χ3v) is 4.56. The largest absolute Gasteiger partial charge is 0.356 e. The Morgan fingerprint density at radius 3 is 1.72 bits per heavy atom. The molecule has 0 spiro atoms. The highest BCUT2D eigenvalue weighted by molar-refractivity contribution is 5.82. The highest BCUT2D eigenvalue weighted by Crippen LogP contribution is 2.36. The van der Waals surface area contributed by atoms with Crippen molar-refractivity contribution in [3.8, 4) is 0 Å². The molecule has 1 N–H and O–H groups in total. The zero-order valence-corrected chi connectivity index (χ0v) is 12.4. The Labute approximate surface area is 113 Å². The smallest absolute Gasteiger partial charge is 0.226 e. The van der Waals surface area contributed by atoms with Gasteiger partial charge in [0.1, 0.15) is 0 Å². The predicted octanol–water partition coefficient (Wildman–Crippen LogP) is 4.43. The predicted molar refractivity (Wildman–Crippen MR) is 77.6 cm³/mol. The third kappa shape index (κ3) is 4.62. The number of hydrogen-bond acceptors (Lipinski definition) is 1. The van der Waals surface area contributed by atoms with E-state index >= 15 is 0 Å². The molecule has 2 heteroatoms. The van der Waals surface area contributed by atoms with E-state index in [1.54, 1.807) is 0 Å². The van der Waals surface area contributed by atoms with Gasteiger partial charge >= 0.3 is 0 Å². The van der Waals surface area contributed by atoms with Crippen LogP contribution in [0.5, 0.6) is 0 Å². The van der Waals surface area contributed by atoms with Crippen LogP contribution in [0.2, 0.25) is 0 Å². The second kappa shape index (κ2) is 8.55. The summed E-state index contributed by atoms with van der Waals surface area (Å²) in [6, 6.07) is 0. The fraction of sp³-hybridized carbons (Fsp3) is 0.938. The van der Waals surface area contributed by atoms with Gasteiger partial charge in [0.25, 0.3) is 0 Å². The van der Waals surface area contributed by atoms with Gasteiger partial charge in [0.15, 0.2) is 0 Å². The van der Waals surface area contributed by atoms with Gasteiger partial charge in [-0.05, 0) is 26.2 Å². The van der Waals surface area contributed by atoms with E-state index in [0.29, 0.717) is 5.91 Å². The second-order valence-electron chi connectivity index (χ2n) is 5.82. The average molecular weight is 253 g/mol. The Morgan fingerprint density at radius 1 is 0.889 bits per heavy atom. The van der Waals surface area contributed by atoms with Crippen LogP contribution < -0.4 is 5.32 Å². The number of rotatable bonds is 3. The Morgan fingerprint density at radius 2 is 1.33 bits per heavy atom. The van der Waals surface area contributed by atoms with Crippen molar-refractivity contribution in [3.63, 3.8) is 0 Å². The number of carbonyl (C=O) groups is 1. The minimum Gasteiger partial charge on any atom is -0.356 e. The topological polar surface area (TPSA) is 29.1 Å². The first-order chi connectivity index (χ1) is 8.75. The fourth-order valence-electron chi connectivity index (χ4n) is 3.20.